The van der Waals surface area contributed by atoms with Gasteiger partial charge in [-0.05, 0) is 0 Å². The Morgan fingerprint density at radius 1 is 1.47 bits per heavy atom. The van der Waals surface area contributed by atoms with Gasteiger partial charge in [0.25, 0.3) is 0 Å². The summed E-state index contributed by atoms with van der Waals surface area (Å²) in [5, 5.41) is 3.08. The molecule has 0 unspecified atom stereocenters. The molecule has 3 N–H and O–H groups in total. The molecule has 0 saturated heterocycles. The summed E-state index contributed by atoms with van der Waals surface area (Å²) in [6.07, 6.45) is 6.54. The first kappa shape index (κ1) is 11.3. The van der Waals surface area contributed by atoms with Crippen molar-refractivity contribution in [3.05, 3.63) is 25.0 Å². The van der Waals surface area contributed by atoms with Crippen molar-refractivity contribution in [3.63, 3.8) is 0 Å². The second-order valence-electron chi connectivity index (χ2n) is 3.35. The Balaban J connectivity index is 2.21. The number of ether oxygens (including phenoxy) is 1. The van der Waals surface area contributed by atoms with E-state index in [1.807, 2.05) is 0 Å². The normalized spacial score (nSPS) is 10.4. The molecule has 0 atom stereocenters. The van der Waals surface area contributed by atoms with Crippen molar-refractivity contribution in [3.8, 4) is 5.82 Å². The number of nitrogens with two attached hydrogens (primary N) is 1. The standard InChI is InChI=1S/C10H14N6O/c1-17-5-3-13-9-8(11)10(15-6-14-9)16-4-2-12-7-16/h2,4,6-7H,3,5,11H2,1H3,(H,13,14,15). The molecule has 2 rings (SSSR count). The van der Waals surface area contributed by atoms with E-state index in [4.69, 9.17) is 10.5 Å². The minimum atomic E-state index is 0.488. The Morgan fingerprint density at radius 3 is 3.06 bits per heavy atom. The Morgan fingerprint density at radius 2 is 2.35 bits per heavy atom. The molecule has 0 aliphatic rings. The van der Waals surface area contributed by atoms with Crippen molar-refractivity contribution >= 4 is 11.5 Å². The molecule has 0 amide bonds. The summed E-state index contributed by atoms with van der Waals surface area (Å²) in [6, 6.07) is 0. The van der Waals surface area contributed by atoms with E-state index in [9.17, 15) is 0 Å². The number of nitrogen functional groups attached to an aromatic ring is 1. The Kier molecular flexibility index (Phi) is 3.51. The number of aromatic nitrogens is 4. The van der Waals surface area contributed by atoms with Crippen LogP contribution in [0.4, 0.5) is 11.5 Å². The van der Waals surface area contributed by atoms with Crippen molar-refractivity contribution in [1.29, 1.82) is 0 Å². The van der Waals surface area contributed by atoms with E-state index < -0.39 is 0 Å². The average Bonchev–Trinajstić information content (AvgIpc) is 2.85. The summed E-state index contributed by atoms with van der Waals surface area (Å²) in [6.45, 7) is 1.23. The third-order valence-electron chi connectivity index (χ3n) is 2.21. The smallest absolute Gasteiger partial charge is 0.166 e. The van der Waals surface area contributed by atoms with Gasteiger partial charge in [-0.3, -0.25) is 4.57 Å². The highest BCUT2D eigenvalue weighted by molar-refractivity contribution is 5.69. The van der Waals surface area contributed by atoms with Gasteiger partial charge >= 0.3 is 0 Å². The molecule has 0 spiro atoms. The van der Waals surface area contributed by atoms with Crippen molar-refractivity contribution in [2.45, 2.75) is 0 Å². The highest BCUT2D eigenvalue weighted by Gasteiger charge is 2.08. The fourth-order valence-corrected chi connectivity index (χ4v) is 1.39. The monoisotopic (exact) mass is 234 g/mol. The lowest BCUT2D eigenvalue weighted by Crippen LogP contribution is -2.12. The van der Waals surface area contributed by atoms with E-state index in [1.165, 1.54) is 6.33 Å². The highest BCUT2D eigenvalue weighted by Crippen LogP contribution is 2.20. The van der Waals surface area contributed by atoms with Crippen LogP contribution in [0.5, 0.6) is 0 Å². The van der Waals surface area contributed by atoms with Crippen LogP contribution >= 0.6 is 0 Å². The second-order valence-corrected chi connectivity index (χ2v) is 3.35. The first-order valence-corrected chi connectivity index (χ1v) is 5.14. The van der Waals surface area contributed by atoms with E-state index in [0.29, 0.717) is 30.5 Å². The molecule has 7 nitrogen and oxygen atoms in total. The Hall–Kier alpha value is -2.15. The maximum atomic E-state index is 5.98. The number of methoxy groups -OCH3 is 1. The number of anilines is 2. The zero-order valence-corrected chi connectivity index (χ0v) is 9.50. The van der Waals surface area contributed by atoms with E-state index >= 15 is 0 Å². The molecular weight excluding hydrogens is 220 g/mol. The average molecular weight is 234 g/mol. The molecule has 7 heteroatoms. The molecule has 17 heavy (non-hydrogen) atoms. The van der Waals surface area contributed by atoms with Crippen molar-refractivity contribution in [2.75, 3.05) is 31.3 Å². The minimum absolute atomic E-state index is 0.488. The SMILES string of the molecule is COCCNc1ncnc(-n2ccnc2)c1N. The number of rotatable bonds is 5. The van der Waals surface area contributed by atoms with Gasteiger partial charge in [0.15, 0.2) is 11.6 Å². The Bertz CT molecular complexity index is 470. The molecule has 0 aliphatic heterocycles. The zero-order valence-electron chi connectivity index (χ0n) is 9.50. The van der Waals surface area contributed by atoms with Gasteiger partial charge in [-0.2, -0.15) is 0 Å². The van der Waals surface area contributed by atoms with Gasteiger partial charge < -0.3 is 15.8 Å². The summed E-state index contributed by atoms with van der Waals surface area (Å²) in [5.41, 5.74) is 6.47. The maximum absolute atomic E-state index is 5.98. The number of imidazole rings is 1. The lowest BCUT2D eigenvalue weighted by atomic mass is 10.4. The molecule has 0 aliphatic carbocycles. The molecule has 2 aromatic rings. The summed E-state index contributed by atoms with van der Waals surface area (Å²) < 4.78 is 6.68. The molecule has 0 bridgehead atoms. The summed E-state index contributed by atoms with van der Waals surface area (Å²) in [5.74, 6) is 1.21. The molecule has 0 fully saturated rings. The van der Waals surface area contributed by atoms with Crippen LogP contribution in [0, 0.1) is 0 Å². The van der Waals surface area contributed by atoms with Crippen LogP contribution in [0.1, 0.15) is 0 Å². The van der Waals surface area contributed by atoms with Gasteiger partial charge in [-0.25, -0.2) is 15.0 Å². The van der Waals surface area contributed by atoms with Crippen LogP contribution in [0.2, 0.25) is 0 Å². The lowest BCUT2D eigenvalue weighted by Gasteiger charge is -2.10. The zero-order chi connectivity index (χ0) is 12.1. The van der Waals surface area contributed by atoms with Gasteiger partial charge in [0.1, 0.15) is 18.3 Å². The predicted octanol–water partition coefficient (Wildman–Crippen LogP) is 0.303. The molecule has 0 aromatic carbocycles. The fraction of sp³-hybridized carbons (Fsp3) is 0.300. The second kappa shape index (κ2) is 5.26. The largest absolute Gasteiger partial charge is 0.393 e. The topological polar surface area (TPSA) is 90.9 Å². The quantitative estimate of drug-likeness (QED) is 0.723. The molecule has 90 valence electrons. The number of nitrogens with zero attached hydrogens (tertiary/aromatic N) is 4. The molecule has 0 saturated carbocycles. The van der Waals surface area contributed by atoms with Gasteiger partial charge in [-0.15, -0.1) is 0 Å². The van der Waals surface area contributed by atoms with E-state index in [2.05, 4.69) is 20.3 Å². The number of nitrogens with one attached hydrogen (secondary N) is 1. The highest BCUT2D eigenvalue weighted by atomic mass is 16.5. The van der Waals surface area contributed by atoms with Gasteiger partial charge in [-0.1, -0.05) is 0 Å². The molecular formula is C10H14N6O. The van der Waals surface area contributed by atoms with Crippen LogP contribution in [-0.4, -0.2) is 39.8 Å². The van der Waals surface area contributed by atoms with Crippen molar-refractivity contribution < 1.29 is 4.74 Å². The summed E-state index contributed by atoms with van der Waals surface area (Å²) in [7, 11) is 1.64. The van der Waals surface area contributed by atoms with E-state index in [0.717, 1.165) is 0 Å². The van der Waals surface area contributed by atoms with Crippen molar-refractivity contribution in [1.82, 2.24) is 19.5 Å². The van der Waals surface area contributed by atoms with Crippen LogP contribution in [0.25, 0.3) is 5.82 Å². The van der Waals surface area contributed by atoms with E-state index in [1.54, 1.807) is 30.4 Å². The first-order valence-electron chi connectivity index (χ1n) is 5.14. The Labute approximate surface area is 98.7 Å². The van der Waals surface area contributed by atoms with Crippen LogP contribution in [-0.2, 0) is 4.74 Å². The minimum Gasteiger partial charge on any atom is -0.393 e. The molecule has 2 heterocycles. The van der Waals surface area contributed by atoms with Gasteiger partial charge in [0.2, 0.25) is 0 Å². The van der Waals surface area contributed by atoms with Gasteiger partial charge in [0.05, 0.1) is 6.61 Å². The predicted molar refractivity (Wildman–Crippen MR) is 63.9 cm³/mol. The van der Waals surface area contributed by atoms with Crippen LogP contribution < -0.4 is 11.1 Å². The third kappa shape index (κ3) is 2.51. The third-order valence-corrected chi connectivity index (χ3v) is 2.21. The van der Waals surface area contributed by atoms with Gasteiger partial charge in [0, 0.05) is 26.0 Å². The first-order chi connectivity index (χ1) is 8.33. The maximum Gasteiger partial charge on any atom is 0.166 e. The molecule has 2 aromatic heterocycles. The van der Waals surface area contributed by atoms with Crippen molar-refractivity contribution in [2.24, 2.45) is 0 Å². The lowest BCUT2D eigenvalue weighted by molar-refractivity contribution is 0.210. The summed E-state index contributed by atoms with van der Waals surface area (Å²) >= 11 is 0. The number of hydrogen-bond acceptors (Lipinski definition) is 6. The van der Waals surface area contributed by atoms with E-state index in [-0.39, 0.29) is 0 Å². The van der Waals surface area contributed by atoms with Crippen LogP contribution in [0.15, 0.2) is 25.0 Å². The number of hydrogen-bond donors (Lipinski definition) is 2. The van der Waals surface area contributed by atoms with Crippen LogP contribution in [0.3, 0.4) is 0 Å². The fourth-order valence-electron chi connectivity index (χ4n) is 1.39. The summed E-state index contributed by atoms with van der Waals surface area (Å²) in [4.78, 5) is 12.2. The molecule has 0 radical (unpaired) electrons.